The summed E-state index contributed by atoms with van der Waals surface area (Å²) >= 11 is 0. The highest BCUT2D eigenvalue weighted by Crippen LogP contribution is 2.29. The lowest BCUT2D eigenvalue weighted by Crippen LogP contribution is -2.08. The fraction of sp³-hybridized carbons (Fsp3) is 0.188. The number of nitrogens with one attached hydrogen (secondary N) is 1. The number of aromatic nitrogens is 2. The lowest BCUT2D eigenvalue weighted by Gasteiger charge is -2.10. The lowest BCUT2D eigenvalue weighted by molar-refractivity contribution is -0.132. The van der Waals surface area contributed by atoms with Gasteiger partial charge in [-0.2, -0.15) is 0 Å². The van der Waals surface area contributed by atoms with Crippen LogP contribution in [0, 0.1) is 0 Å². The summed E-state index contributed by atoms with van der Waals surface area (Å²) in [6.07, 6.45) is 0.978. The van der Waals surface area contributed by atoms with Crippen LogP contribution in [-0.2, 0) is 4.79 Å². The average Bonchev–Trinajstić information content (AvgIpc) is 2.53. The minimum Gasteiger partial charge on any atom is -0.507 e. The smallest absolute Gasteiger partial charge is 0.330 e. The van der Waals surface area contributed by atoms with Gasteiger partial charge in [0.1, 0.15) is 5.75 Å². The molecule has 0 atom stereocenters. The Morgan fingerprint density at radius 1 is 1.30 bits per heavy atom. The Balaban J connectivity index is 2.05. The summed E-state index contributed by atoms with van der Waals surface area (Å²) in [6.45, 7) is 3.99. The summed E-state index contributed by atoms with van der Waals surface area (Å²) in [6, 6.07) is 8.51. The van der Waals surface area contributed by atoms with E-state index in [1.807, 2.05) is 0 Å². The first-order valence-electron chi connectivity index (χ1n) is 7.05. The fourth-order valence-electron chi connectivity index (χ4n) is 2.00. The van der Waals surface area contributed by atoms with Gasteiger partial charge in [0, 0.05) is 17.7 Å². The number of benzene rings is 1. The van der Waals surface area contributed by atoms with Crippen molar-refractivity contribution in [2.75, 3.05) is 17.6 Å². The SMILES string of the molecule is C=C(CCCNc1cc(-c2ccccc2O)nnc1N)C(=O)O. The zero-order valence-electron chi connectivity index (χ0n) is 12.5. The predicted octanol–water partition coefficient (Wildman–Crippen LogP) is 2.26. The molecule has 1 heterocycles. The van der Waals surface area contributed by atoms with Gasteiger partial charge in [0.15, 0.2) is 5.82 Å². The highest BCUT2D eigenvalue weighted by Gasteiger charge is 2.09. The van der Waals surface area contributed by atoms with E-state index in [0.717, 1.165) is 0 Å². The Kier molecular flexibility index (Phi) is 5.14. The van der Waals surface area contributed by atoms with E-state index < -0.39 is 5.97 Å². The number of aromatic hydroxyl groups is 1. The van der Waals surface area contributed by atoms with E-state index in [9.17, 15) is 9.90 Å². The number of nitrogens with two attached hydrogens (primary N) is 1. The molecular formula is C16H18N4O3. The van der Waals surface area contributed by atoms with Crippen molar-refractivity contribution >= 4 is 17.5 Å². The molecule has 0 unspecified atom stereocenters. The third-order valence-electron chi connectivity index (χ3n) is 3.28. The summed E-state index contributed by atoms with van der Waals surface area (Å²) in [4.78, 5) is 10.7. The molecule has 120 valence electrons. The number of hydrogen-bond donors (Lipinski definition) is 4. The maximum atomic E-state index is 10.7. The number of rotatable bonds is 7. The van der Waals surface area contributed by atoms with E-state index in [1.165, 1.54) is 0 Å². The molecule has 0 saturated heterocycles. The van der Waals surface area contributed by atoms with Crippen LogP contribution in [0.25, 0.3) is 11.3 Å². The number of hydrogen-bond acceptors (Lipinski definition) is 6. The summed E-state index contributed by atoms with van der Waals surface area (Å²) in [5, 5.41) is 29.6. The third kappa shape index (κ3) is 4.19. The van der Waals surface area contributed by atoms with Crippen LogP contribution in [0.4, 0.5) is 11.5 Å². The molecule has 0 aliphatic heterocycles. The van der Waals surface area contributed by atoms with Gasteiger partial charge >= 0.3 is 5.97 Å². The molecule has 5 N–H and O–H groups in total. The van der Waals surface area contributed by atoms with Crippen molar-refractivity contribution in [3.8, 4) is 17.0 Å². The van der Waals surface area contributed by atoms with Crippen LogP contribution in [-0.4, -0.2) is 32.9 Å². The molecular weight excluding hydrogens is 296 g/mol. The Morgan fingerprint density at radius 2 is 2.04 bits per heavy atom. The molecule has 0 saturated carbocycles. The Hall–Kier alpha value is -3.09. The van der Waals surface area contributed by atoms with Crippen LogP contribution in [0.5, 0.6) is 5.75 Å². The number of carboxylic acids is 1. The number of carbonyl (C=O) groups is 1. The molecule has 0 radical (unpaired) electrons. The van der Waals surface area contributed by atoms with Crippen molar-refractivity contribution in [2.45, 2.75) is 12.8 Å². The van der Waals surface area contributed by atoms with Crippen LogP contribution in [0.3, 0.4) is 0 Å². The van der Waals surface area contributed by atoms with Gasteiger partial charge in [-0.3, -0.25) is 0 Å². The molecule has 2 rings (SSSR count). The van der Waals surface area contributed by atoms with Crippen molar-refractivity contribution in [3.63, 3.8) is 0 Å². The Morgan fingerprint density at radius 3 is 2.74 bits per heavy atom. The summed E-state index contributed by atoms with van der Waals surface area (Å²) < 4.78 is 0. The highest BCUT2D eigenvalue weighted by molar-refractivity contribution is 5.85. The van der Waals surface area contributed by atoms with Crippen molar-refractivity contribution < 1.29 is 15.0 Å². The standard InChI is InChI=1S/C16H18N4O3/c1-10(16(22)23)5-4-8-18-13-9-12(19-20-15(13)17)11-6-2-3-7-14(11)21/h2-3,6-7,9,21H,1,4-5,8H2,(H2,17,20)(H,18,19)(H,22,23). The molecule has 0 aliphatic rings. The van der Waals surface area contributed by atoms with E-state index in [4.69, 9.17) is 10.8 Å². The maximum Gasteiger partial charge on any atom is 0.330 e. The second kappa shape index (κ2) is 7.26. The van der Waals surface area contributed by atoms with Crippen molar-refractivity contribution in [1.29, 1.82) is 0 Å². The quantitative estimate of drug-likeness (QED) is 0.457. The largest absolute Gasteiger partial charge is 0.507 e. The minimum atomic E-state index is -0.989. The molecule has 7 nitrogen and oxygen atoms in total. The molecule has 0 bridgehead atoms. The summed E-state index contributed by atoms with van der Waals surface area (Å²) in [5.41, 5.74) is 7.59. The monoisotopic (exact) mass is 314 g/mol. The lowest BCUT2D eigenvalue weighted by atomic mass is 10.1. The van der Waals surface area contributed by atoms with Gasteiger partial charge < -0.3 is 21.3 Å². The molecule has 23 heavy (non-hydrogen) atoms. The molecule has 0 aliphatic carbocycles. The zero-order chi connectivity index (χ0) is 16.8. The Bertz CT molecular complexity index is 731. The first kappa shape index (κ1) is 16.3. The molecule has 1 aromatic heterocycles. The van der Waals surface area contributed by atoms with E-state index in [-0.39, 0.29) is 17.1 Å². The van der Waals surface area contributed by atoms with E-state index in [1.54, 1.807) is 30.3 Å². The van der Waals surface area contributed by atoms with Crippen molar-refractivity contribution in [3.05, 3.63) is 42.5 Å². The van der Waals surface area contributed by atoms with Crippen LogP contribution in [0.2, 0.25) is 0 Å². The van der Waals surface area contributed by atoms with Gasteiger partial charge in [-0.05, 0) is 31.0 Å². The second-order valence-electron chi connectivity index (χ2n) is 4.98. The number of carboxylic acid groups (broad SMARTS) is 1. The Labute approximate surface area is 133 Å². The fourth-order valence-corrected chi connectivity index (χ4v) is 2.00. The third-order valence-corrected chi connectivity index (χ3v) is 3.28. The summed E-state index contributed by atoms with van der Waals surface area (Å²) in [7, 11) is 0. The number of aliphatic carboxylic acids is 1. The van der Waals surface area contributed by atoms with Crippen LogP contribution < -0.4 is 11.1 Å². The van der Waals surface area contributed by atoms with Crippen LogP contribution >= 0.6 is 0 Å². The second-order valence-corrected chi connectivity index (χ2v) is 4.98. The van der Waals surface area contributed by atoms with Gasteiger partial charge in [-0.1, -0.05) is 18.7 Å². The minimum absolute atomic E-state index is 0.107. The number of phenolic OH excluding ortho intramolecular Hbond substituents is 1. The molecule has 2 aromatic rings. The normalized spacial score (nSPS) is 10.3. The van der Waals surface area contributed by atoms with E-state index in [2.05, 4.69) is 22.1 Å². The number of para-hydroxylation sites is 1. The zero-order valence-corrected chi connectivity index (χ0v) is 12.5. The molecule has 0 fully saturated rings. The van der Waals surface area contributed by atoms with Gasteiger partial charge in [-0.15, -0.1) is 10.2 Å². The topological polar surface area (TPSA) is 121 Å². The van der Waals surface area contributed by atoms with E-state index >= 15 is 0 Å². The van der Waals surface area contributed by atoms with Crippen molar-refractivity contribution in [1.82, 2.24) is 10.2 Å². The van der Waals surface area contributed by atoms with Gasteiger partial charge in [0.2, 0.25) is 0 Å². The van der Waals surface area contributed by atoms with Crippen LogP contribution in [0.15, 0.2) is 42.5 Å². The van der Waals surface area contributed by atoms with Gasteiger partial charge in [0.05, 0.1) is 11.4 Å². The molecule has 0 amide bonds. The van der Waals surface area contributed by atoms with Gasteiger partial charge in [0.25, 0.3) is 0 Å². The predicted molar refractivity (Wildman–Crippen MR) is 88.0 cm³/mol. The molecule has 0 spiro atoms. The highest BCUT2D eigenvalue weighted by atomic mass is 16.4. The average molecular weight is 314 g/mol. The maximum absolute atomic E-state index is 10.7. The first-order valence-corrected chi connectivity index (χ1v) is 7.05. The summed E-state index contributed by atoms with van der Waals surface area (Å²) in [5.74, 6) is -0.645. The number of anilines is 2. The number of nitrogens with zero attached hydrogens (tertiary/aromatic N) is 2. The first-order chi connectivity index (χ1) is 11.0. The van der Waals surface area contributed by atoms with Gasteiger partial charge in [-0.25, -0.2) is 4.79 Å². The number of phenols is 1. The van der Waals surface area contributed by atoms with Crippen molar-refractivity contribution in [2.24, 2.45) is 0 Å². The number of nitrogen functional groups attached to an aromatic ring is 1. The molecule has 1 aromatic carbocycles. The van der Waals surface area contributed by atoms with E-state index in [0.29, 0.717) is 36.3 Å². The molecule has 7 heteroatoms. The van der Waals surface area contributed by atoms with Crippen LogP contribution in [0.1, 0.15) is 12.8 Å².